The number of nitrogens with two attached hydrogens (primary N) is 1. The number of aryl methyl sites for hydroxylation is 1. The van der Waals surface area contributed by atoms with Crippen LogP contribution in [0, 0.1) is 6.92 Å². The minimum absolute atomic E-state index is 0.127. The highest BCUT2D eigenvalue weighted by Gasteiger charge is 2.13. The molecule has 1 heterocycles. The van der Waals surface area contributed by atoms with Gasteiger partial charge in [-0.1, -0.05) is 11.6 Å². The van der Waals surface area contributed by atoms with Crippen LogP contribution in [0.15, 0.2) is 34.1 Å². The van der Waals surface area contributed by atoms with E-state index in [-0.39, 0.29) is 6.04 Å². The van der Waals surface area contributed by atoms with Crippen molar-refractivity contribution in [2.75, 3.05) is 11.9 Å². The molecule has 2 nitrogen and oxygen atoms in total. The number of nitrogens with one attached hydrogen (secondary N) is 1. The van der Waals surface area contributed by atoms with Gasteiger partial charge in [-0.15, -0.1) is 11.3 Å². The Kier molecular flexibility index (Phi) is 4.67. The van der Waals surface area contributed by atoms with E-state index in [4.69, 9.17) is 17.3 Å². The van der Waals surface area contributed by atoms with Gasteiger partial charge in [-0.2, -0.15) is 0 Å². The van der Waals surface area contributed by atoms with E-state index in [1.165, 1.54) is 10.4 Å². The first-order chi connectivity index (χ1) is 8.61. The predicted molar refractivity (Wildman–Crippen MR) is 83.6 cm³/mol. The lowest BCUT2D eigenvalue weighted by atomic mass is 10.1. The number of thiophene rings is 1. The number of hydrogen-bond acceptors (Lipinski definition) is 3. The van der Waals surface area contributed by atoms with Gasteiger partial charge in [0.25, 0.3) is 0 Å². The molecule has 0 bridgehead atoms. The van der Waals surface area contributed by atoms with Crippen LogP contribution < -0.4 is 11.1 Å². The summed E-state index contributed by atoms with van der Waals surface area (Å²) in [6.07, 6.45) is 0. The molecule has 0 fully saturated rings. The summed E-state index contributed by atoms with van der Waals surface area (Å²) < 4.78 is 0.895. The molecule has 96 valence electrons. The third kappa shape index (κ3) is 3.06. The topological polar surface area (TPSA) is 38.0 Å². The lowest BCUT2D eigenvalue weighted by molar-refractivity contribution is 0.800. The molecule has 1 atom stereocenters. The van der Waals surface area contributed by atoms with Gasteiger partial charge in [-0.25, -0.2) is 0 Å². The molecule has 0 aliphatic carbocycles. The molecule has 1 aromatic heterocycles. The van der Waals surface area contributed by atoms with Gasteiger partial charge in [-0.3, -0.25) is 0 Å². The van der Waals surface area contributed by atoms with Crippen LogP contribution in [-0.2, 0) is 0 Å². The van der Waals surface area contributed by atoms with Crippen molar-refractivity contribution < 1.29 is 0 Å². The van der Waals surface area contributed by atoms with Crippen molar-refractivity contribution in [3.8, 4) is 0 Å². The van der Waals surface area contributed by atoms with Gasteiger partial charge in [0, 0.05) is 21.6 Å². The Bertz CT molecular complexity index is 542. The molecule has 0 aliphatic rings. The molecule has 1 unspecified atom stereocenters. The third-order valence-corrected chi connectivity index (χ3v) is 5.08. The maximum Gasteiger partial charge on any atom is 0.0731 e. The van der Waals surface area contributed by atoms with Gasteiger partial charge in [0.2, 0.25) is 0 Å². The summed E-state index contributed by atoms with van der Waals surface area (Å²) in [5.74, 6) is 0. The summed E-state index contributed by atoms with van der Waals surface area (Å²) in [5.41, 5.74) is 8.10. The van der Waals surface area contributed by atoms with Crippen LogP contribution in [0.25, 0.3) is 0 Å². The Labute approximate surface area is 124 Å². The molecule has 2 aromatic rings. The largest absolute Gasteiger partial charge is 0.376 e. The van der Waals surface area contributed by atoms with Gasteiger partial charge in [-0.05, 0) is 58.1 Å². The molecule has 3 N–H and O–H groups in total. The van der Waals surface area contributed by atoms with Crippen LogP contribution in [0.3, 0.4) is 0 Å². The molecule has 0 saturated heterocycles. The van der Waals surface area contributed by atoms with Crippen molar-refractivity contribution in [2.45, 2.75) is 13.0 Å². The van der Waals surface area contributed by atoms with Crippen LogP contribution in [0.5, 0.6) is 0 Å². The van der Waals surface area contributed by atoms with E-state index < -0.39 is 0 Å². The number of halogens is 2. The molecule has 2 rings (SSSR count). The van der Waals surface area contributed by atoms with Crippen molar-refractivity contribution in [1.82, 2.24) is 0 Å². The van der Waals surface area contributed by atoms with E-state index in [9.17, 15) is 0 Å². The SMILES string of the molecule is Cc1ccsc1C(CN)Nc1ccc(Br)c(Cl)c1. The second kappa shape index (κ2) is 6.06. The van der Waals surface area contributed by atoms with Crippen molar-refractivity contribution in [2.24, 2.45) is 5.73 Å². The Hall–Kier alpha value is -0.550. The molecule has 0 spiro atoms. The third-order valence-electron chi connectivity index (χ3n) is 2.71. The zero-order valence-electron chi connectivity index (χ0n) is 9.91. The molecule has 5 heteroatoms. The van der Waals surface area contributed by atoms with Gasteiger partial charge >= 0.3 is 0 Å². The Morgan fingerprint density at radius 1 is 1.44 bits per heavy atom. The zero-order chi connectivity index (χ0) is 13.1. The summed E-state index contributed by atoms with van der Waals surface area (Å²) in [4.78, 5) is 1.27. The lowest BCUT2D eigenvalue weighted by Crippen LogP contribution is -2.20. The summed E-state index contributed by atoms with van der Waals surface area (Å²) >= 11 is 11.2. The summed E-state index contributed by atoms with van der Waals surface area (Å²) in [7, 11) is 0. The zero-order valence-corrected chi connectivity index (χ0v) is 13.1. The van der Waals surface area contributed by atoms with Crippen molar-refractivity contribution >= 4 is 44.6 Å². The number of anilines is 1. The van der Waals surface area contributed by atoms with Gasteiger partial charge in [0.15, 0.2) is 0 Å². The van der Waals surface area contributed by atoms with E-state index in [1.807, 2.05) is 18.2 Å². The van der Waals surface area contributed by atoms with Gasteiger partial charge < -0.3 is 11.1 Å². The fourth-order valence-electron chi connectivity index (χ4n) is 1.76. The Balaban J connectivity index is 2.20. The molecule has 18 heavy (non-hydrogen) atoms. The summed E-state index contributed by atoms with van der Waals surface area (Å²) in [6.45, 7) is 2.65. The standard InChI is InChI=1S/C13H14BrClN2S/c1-8-4-5-18-13(8)12(7-16)17-9-2-3-10(14)11(15)6-9/h2-6,12,17H,7,16H2,1H3. The molecular formula is C13H14BrClN2S. The Morgan fingerprint density at radius 3 is 2.78 bits per heavy atom. The lowest BCUT2D eigenvalue weighted by Gasteiger charge is -2.18. The van der Waals surface area contributed by atoms with Gasteiger partial charge in [0.1, 0.15) is 0 Å². The van der Waals surface area contributed by atoms with Crippen LogP contribution in [0.4, 0.5) is 5.69 Å². The minimum Gasteiger partial charge on any atom is -0.376 e. The highest BCUT2D eigenvalue weighted by Crippen LogP contribution is 2.30. The van der Waals surface area contributed by atoms with E-state index >= 15 is 0 Å². The van der Waals surface area contributed by atoms with Crippen molar-refractivity contribution in [3.63, 3.8) is 0 Å². The molecule has 1 aromatic carbocycles. The van der Waals surface area contributed by atoms with Crippen molar-refractivity contribution in [1.29, 1.82) is 0 Å². The average molecular weight is 346 g/mol. The molecule has 0 radical (unpaired) electrons. The molecular weight excluding hydrogens is 332 g/mol. The first-order valence-electron chi connectivity index (χ1n) is 5.57. The fraction of sp³-hybridized carbons (Fsp3) is 0.231. The molecule has 0 amide bonds. The maximum absolute atomic E-state index is 6.08. The smallest absolute Gasteiger partial charge is 0.0731 e. The van der Waals surface area contributed by atoms with Crippen LogP contribution >= 0.6 is 38.9 Å². The highest BCUT2D eigenvalue weighted by atomic mass is 79.9. The number of benzene rings is 1. The van der Waals surface area contributed by atoms with Crippen LogP contribution in [-0.4, -0.2) is 6.54 Å². The predicted octanol–water partition coefficient (Wildman–Crippen LogP) is 4.58. The first-order valence-corrected chi connectivity index (χ1v) is 7.62. The highest BCUT2D eigenvalue weighted by molar-refractivity contribution is 9.10. The Morgan fingerprint density at radius 2 is 2.22 bits per heavy atom. The van der Waals surface area contributed by atoms with E-state index in [0.29, 0.717) is 11.6 Å². The second-order valence-electron chi connectivity index (χ2n) is 4.03. The number of hydrogen-bond donors (Lipinski definition) is 2. The number of rotatable bonds is 4. The minimum atomic E-state index is 0.127. The van der Waals surface area contributed by atoms with E-state index in [2.05, 4.69) is 39.6 Å². The average Bonchev–Trinajstić information content (AvgIpc) is 2.77. The molecule has 0 aliphatic heterocycles. The fourth-order valence-corrected chi connectivity index (χ4v) is 3.18. The maximum atomic E-state index is 6.08. The normalized spacial score (nSPS) is 12.4. The van der Waals surface area contributed by atoms with E-state index in [1.54, 1.807) is 11.3 Å². The second-order valence-corrected chi connectivity index (χ2v) is 6.24. The monoisotopic (exact) mass is 344 g/mol. The van der Waals surface area contributed by atoms with Crippen molar-refractivity contribution in [3.05, 3.63) is 49.6 Å². The first kappa shape index (κ1) is 13.9. The molecule has 0 saturated carbocycles. The van der Waals surface area contributed by atoms with E-state index in [0.717, 1.165) is 10.2 Å². The van der Waals surface area contributed by atoms with Gasteiger partial charge in [0.05, 0.1) is 11.1 Å². The quantitative estimate of drug-likeness (QED) is 0.851. The van der Waals surface area contributed by atoms with Crippen LogP contribution in [0.2, 0.25) is 5.02 Å². The summed E-state index contributed by atoms with van der Waals surface area (Å²) in [5, 5.41) is 6.20. The summed E-state index contributed by atoms with van der Waals surface area (Å²) in [6, 6.07) is 8.05. The van der Waals surface area contributed by atoms with Crippen LogP contribution in [0.1, 0.15) is 16.5 Å².